The minimum absolute atomic E-state index is 0.113. The number of nitrogens with zero attached hydrogens (tertiary/aromatic N) is 2. The Hall–Kier alpha value is -3.07. The fourth-order valence-corrected chi connectivity index (χ4v) is 5.93. The van der Waals surface area contributed by atoms with E-state index in [0.717, 1.165) is 42.4 Å². The highest BCUT2D eigenvalue weighted by atomic mass is 32.2. The van der Waals surface area contributed by atoms with Crippen molar-refractivity contribution in [2.75, 3.05) is 24.2 Å². The van der Waals surface area contributed by atoms with Gasteiger partial charge in [-0.05, 0) is 74.9 Å². The van der Waals surface area contributed by atoms with Crippen molar-refractivity contribution in [1.82, 2.24) is 10.2 Å². The number of aryl methyl sites for hydroxylation is 2. The molecule has 0 unspecified atom stereocenters. The lowest BCUT2D eigenvalue weighted by molar-refractivity contribution is -0.141. The van der Waals surface area contributed by atoms with Gasteiger partial charge in [0.2, 0.25) is 21.8 Å². The first-order valence-corrected chi connectivity index (χ1v) is 15.1. The van der Waals surface area contributed by atoms with Crippen molar-refractivity contribution in [3.8, 4) is 5.75 Å². The van der Waals surface area contributed by atoms with Gasteiger partial charge in [0.1, 0.15) is 11.8 Å². The van der Waals surface area contributed by atoms with Gasteiger partial charge in [0.25, 0.3) is 0 Å². The van der Waals surface area contributed by atoms with Crippen LogP contribution in [0.15, 0.2) is 42.5 Å². The maximum Gasteiger partial charge on any atom is 0.242 e. The topological polar surface area (TPSA) is 96.0 Å². The van der Waals surface area contributed by atoms with Gasteiger partial charge in [-0.2, -0.15) is 0 Å². The van der Waals surface area contributed by atoms with E-state index < -0.39 is 16.1 Å². The first kappa shape index (κ1) is 29.5. The lowest BCUT2D eigenvalue weighted by Gasteiger charge is -2.30. The molecule has 2 amide bonds. The molecule has 1 saturated carbocycles. The van der Waals surface area contributed by atoms with Gasteiger partial charge in [0, 0.05) is 25.6 Å². The van der Waals surface area contributed by atoms with Crippen molar-refractivity contribution in [2.45, 2.75) is 77.9 Å². The molecule has 9 heteroatoms. The largest absolute Gasteiger partial charge is 0.497 e. The molecule has 1 atom stereocenters. The van der Waals surface area contributed by atoms with E-state index in [1.54, 1.807) is 18.9 Å². The second-order valence-electron chi connectivity index (χ2n) is 10.3. The van der Waals surface area contributed by atoms with E-state index in [2.05, 4.69) is 5.32 Å². The number of anilines is 1. The molecular weight excluding hydrogens is 502 g/mol. The van der Waals surface area contributed by atoms with Crippen LogP contribution in [0.1, 0.15) is 62.1 Å². The number of ether oxygens (including phenoxy) is 1. The molecule has 0 bridgehead atoms. The summed E-state index contributed by atoms with van der Waals surface area (Å²) in [6, 6.07) is 12.6. The van der Waals surface area contributed by atoms with Crippen molar-refractivity contribution in [1.29, 1.82) is 0 Å². The standard InChI is InChI=1S/C29H41N3O5S/c1-21-15-16-22(2)27(18-21)32(38(5,35)36)17-9-14-28(33)31(20-24-10-8-13-26(19-24)37-4)23(3)29(34)30-25-11-6-7-12-25/h8,10,13,15-16,18-19,23,25H,6-7,9,11-12,14,17,20H2,1-5H3,(H,30,34)/t23-/m1/s1. The molecule has 0 heterocycles. The van der Waals surface area contributed by atoms with Gasteiger partial charge < -0.3 is 15.0 Å². The van der Waals surface area contributed by atoms with Gasteiger partial charge in [-0.25, -0.2) is 8.42 Å². The number of sulfonamides is 1. The second kappa shape index (κ2) is 13.1. The number of methoxy groups -OCH3 is 1. The maximum absolute atomic E-state index is 13.5. The Balaban J connectivity index is 1.75. The fourth-order valence-electron chi connectivity index (χ4n) is 4.91. The average Bonchev–Trinajstić information content (AvgIpc) is 3.38. The van der Waals surface area contributed by atoms with E-state index in [0.29, 0.717) is 17.9 Å². The molecule has 1 aliphatic carbocycles. The van der Waals surface area contributed by atoms with Crippen molar-refractivity contribution >= 4 is 27.5 Å². The van der Waals surface area contributed by atoms with Crippen molar-refractivity contribution in [3.63, 3.8) is 0 Å². The van der Waals surface area contributed by atoms with E-state index in [1.807, 2.05) is 56.3 Å². The fraction of sp³-hybridized carbons (Fsp3) is 0.517. The molecular formula is C29H41N3O5S. The van der Waals surface area contributed by atoms with E-state index in [4.69, 9.17) is 4.74 Å². The number of benzene rings is 2. The minimum Gasteiger partial charge on any atom is -0.497 e. The lowest BCUT2D eigenvalue weighted by atomic mass is 10.1. The smallest absolute Gasteiger partial charge is 0.242 e. The SMILES string of the molecule is COc1cccc(CN(C(=O)CCCN(c2cc(C)ccc2C)S(C)(=O)=O)[C@H](C)C(=O)NC2CCCC2)c1. The zero-order valence-corrected chi connectivity index (χ0v) is 24.0. The minimum atomic E-state index is -3.54. The molecule has 0 radical (unpaired) electrons. The van der Waals surface area contributed by atoms with Crippen LogP contribution >= 0.6 is 0 Å². The summed E-state index contributed by atoms with van der Waals surface area (Å²) in [5, 5.41) is 3.10. The molecule has 0 aromatic heterocycles. The predicted molar refractivity (Wildman–Crippen MR) is 151 cm³/mol. The number of carbonyl (C=O) groups excluding carboxylic acids is 2. The van der Waals surface area contributed by atoms with Gasteiger partial charge in [0.05, 0.1) is 19.1 Å². The summed E-state index contributed by atoms with van der Waals surface area (Å²) < 4.78 is 32.0. The quantitative estimate of drug-likeness (QED) is 0.430. The van der Waals surface area contributed by atoms with Crippen LogP contribution in [0, 0.1) is 13.8 Å². The summed E-state index contributed by atoms with van der Waals surface area (Å²) in [5.74, 6) is 0.313. The first-order valence-electron chi connectivity index (χ1n) is 13.3. The molecule has 0 spiro atoms. The second-order valence-corrected chi connectivity index (χ2v) is 12.2. The van der Waals surface area contributed by atoms with E-state index in [1.165, 1.54) is 10.6 Å². The molecule has 2 aromatic rings. The Morgan fingerprint density at radius 1 is 1.11 bits per heavy atom. The molecule has 1 N–H and O–H groups in total. The van der Waals surface area contributed by atoms with Gasteiger partial charge in [-0.3, -0.25) is 13.9 Å². The number of hydrogen-bond acceptors (Lipinski definition) is 5. The summed E-state index contributed by atoms with van der Waals surface area (Å²) in [4.78, 5) is 28.2. The molecule has 208 valence electrons. The average molecular weight is 544 g/mol. The molecule has 0 saturated heterocycles. The van der Waals surface area contributed by atoms with Crippen molar-refractivity contribution in [2.24, 2.45) is 0 Å². The zero-order chi connectivity index (χ0) is 27.9. The predicted octanol–water partition coefficient (Wildman–Crippen LogP) is 4.33. The highest BCUT2D eigenvalue weighted by Crippen LogP contribution is 2.25. The number of amides is 2. The van der Waals surface area contributed by atoms with Crippen molar-refractivity contribution < 1.29 is 22.7 Å². The van der Waals surface area contributed by atoms with Crippen LogP contribution in [0.2, 0.25) is 0 Å². The van der Waals surface area contributed by atoms with Crippen LogP contribution in [-0.4, -0.2) is 57.1 Å². The van der Waals surface area contributed by atoms with Gasteiger partial charge in [-0.1, -0.05) is 37.1 Å². The highest BCUT2D eigenvalue weighted by Gasteiger charge is 2.29. The Labute approximate surface area is 227 Å². The lowest BCUT2D eigenvalue weighted by Crippen LogP contribution is -2.49. The van der Waals surface area contributed by atoms with Crippen LogP contribution in [0.3, 0.4) is 0 Å². The van der Waals surface area contributed by atoms with Crippen LogP contribution in [0.4, 0.5) is 5.69 Å². The van der Waals surface area contributed by atoms with Crippen LogP contribution < -0.4 is 14.4 Å². The molecule has 38 heavy (non-hydrogen) atoms. The Morgan fingerprint density at radius 3 is 2.47 bits per heavy atom. The zero-order valence-electron chi connectivity index (χ0n) is 23.2. The number of rotatable bonds is 12. The van der Waals surface area contributed by atoms with E-state index in [-0.39, 0.29) is 37.4 Å². The summed E-state index contributed by atoms with van der Waals surface area (Å²) in [5.41, 5.74) is 3.29. The number of hydrogen-bond donors (Lipinski definition) is 1. The molecule has 1 aliphatic rings. The third-order valence-electron chi connectivity index (χ3n) is 7.14. The molecule has 1 fully saturated rings. The molecule has 8 nitrogen and oxygen atoms in total. The Kier molecular flexibility index (Phi) is 10.2. The normalized spacial score (nSPS) is 14.7. The summed E-state index contributed by atoms with van der Waals surface area (Å²) in [6.07, 6.45) is 5.74. The summed E-state index contributed by atoms with van der Waals surface area (Å²) in [6.45, 7) is 5.97. The monoisotopic (exact) mass is 543 g/mol. The molecule has 3 rings (SSSR count). The Bertz CT molecular complexity index is 1220. The van der Waals surface area contributed by atoms with E-state index in [9.17, 15) is 18.0 Å². The Morgan fingerprint density at radius 2 is 1.82 bits per heavy atom. The number of nitrogens with one attached hydrogen (secondary N) is 1. The third-order valence-corrected chi connectivity index (χ3v) is 8.32. The van der Waals surface area contributed by atoms with Crippen molar-refractivity contribution in [3.05, 3.63) is 59.2 Å². The van der Waals surface area contributed by atoms with Gasteiger partial charge in [0.15, 0.2) is 0 Å². The van der Waals surface area contributed by atoms with E-state index >= 15 is 0 Å². The highest BCUT2D eigenvalue weighted by molar-refractivity contribution is 7.92. The van der Waals surface area contributed by atoms with Crippen LogP contribution in [0.25, 0.3) is 0 Å². The van der Waals surface area contributed by atoms with Crippen LogP contribution in [0.5, 0.6) is 5.75 Å². The maximum atomic E-state index is 13.5. The summed E-state index contributed by atoms with van der Waals surface area (Å²) >= 11 is 0. The first-order chi connectivity index (χ1) is 18.0. The number of carbonyl (C=O) groups is 2. The summed E-state index contributed by atoms with van der Waals surface area (Å²) in [7, 11) is -1.96. The molecule has 0 aliphatic heterocycles. The van der Waals surface area contributed by atoms with Crippen LogP contribution in [-0.2, 0) is 26.2 Å². The third kappa shape index (κ3) is 7.96. The van der Waals surface area contributed by atoms with Gasteiger partial charge >= 0.3 is 0 Å². The molecule has 2 aromatic carbocycles. The van der Waals surface area contributed by atoms with Gasteiger partial charge in [-0.15, -0.1) is 0 Å².